The van der Waals surface area contributed by atoms with E-state index in [1.54, 1.807) is 11.3 Å². The van der Waals surface area contributed by atoms with Crippen LogP contribution in [-0.2, 0) is 10.8 Å². The van der Waals surface area contributed by atoms with Crippen molar-refractivity contribution >= 4 is 132 Å². The molecule has 4 nitrogen and oxygen atoms in total. The summed E-state index contributed by atoms with van der Waals surface area (Å²) < 4.78 is 99.5. The molecule has 2 aliphatic heterocycles. The Balaban J connectivity index is 0.951. The van der Waals surface area contributed by atoms with Gasteiger partial charge in [0.2, 0.25) is 0 Å². The molecule has 2 aliphatic rings. The Morgan fingerprint density at radius 3 is 1.47 bits per heavy atom. The normalized spacial score (nSPS) is 14.2. The van der Waals surface area contributed by atoms with Gasteiger partial charge >= 0.3 is 0 Å². The van der Waals surface area contributed by atoms with Gasteiger partial charge in [-0.2, -0.15) is 0 Å². The summed E-state index contributed by atoms with van der Waals surface area (Å²) in [6.45, 7) is 12.9. The Morgan fingerprint density at radius 1 is 0.298 bits per heavy atom. The zero-order valence-electron chi connectivity index (χ0n) is 68.3. The number of anilines is 6. The van der Waals surface area contributed by atoms with Crippen LogP contribution in [0.25, 0.3) is 131 Å². The number of nitrogens with zero attached hydrogens (tertiary/aromatic N) is 4. The van der Waals surface area contributed by atoms with Crippen molar-refractivity contribution < 1.29 is 13.7 Å². The molecule has 104 heavy (non-hydrogen) atoms. The second kappa shape index (κ2) is 23.7. The number of aromatic nitrogens is 2. The quantitative estimate of drug-likeness (QED) is 0.134. The lowest BCUT2D eigenvalue weighted by molar-refractivity contribution is 0.590. The second-order valence-corrected chi connectivity index (χ2v) is 30.7. The molecular formula is C98H73BN4S. The van der Waals surface area contributed by atoms with Crippen LogP contribution in [0.2, 0.25) is 0 Å². The predicted molar refractivity (Wildman–Crippen MR) is 447 cm³/mol. The smallest absolute Gasteiger partial charge is 0.252 e. The summed E-state index contributed by atoms with van der Waals surface area (Å²) in [7, 11) is 0. The molecule has 0 saturated heterocycles. The van der Waals surface area contributed by atoms with Crippen molar-refractivity contribution in [3.63, 3.8) is 0 Å². The first-order valence-electron chi connectivity index (χ1n) is 40.6. The molecule has 494 valence electrons. The lowest BCUT2D eigenvalue weighted by Gasteiger charge is -2.45. The van der Waals surface area contributed by atoms with E-state index in [9.17, 15) is 5.48 Å². The fourth-order valence-corrected chi connectivity index (χ4v) is 18.0. The lowest BCUT2D eigenvalue weighted by atomic mass is 9.33. The summed E-state index contributed by atoms with van der Waals surface area (Å²) >= 11 is 1.73. The van der Waals surface area contributed by atoms with Gasteiger partial charge in [0.1, 0.15) is 0 Å². The van der Waals surface area contributed by atoms with Gasteiger partial charge in [-0.1, -0.05) is 290 Å². The van der Waals surface area contributed by atoms with Crippen molar-refractivity contribution in [2.24, 2.45) is 0 Å². The fourth-order valence-electron chi connectivity index (χ4n) is 16.6. The third-order valence-electron chi connectivity index (χ3n) is 21.6. The van der Waals surface area contributed by atoms with E-state index in [-0.39, 0.29) is 46.1 Å². The maximum Gasteiger partial charge on any atom is 0.252 e. The minimum atomic E-state index is -0.684. The molecule has 0 N–H and O–H groups in total. The number of hydrogen-bond donors (Lipinski definition) is 0. The largest absolute Gasteiger partial charge is 0.311 e. The van der Waals surface area contributed by atoms with Crippen molar-refractivity contribution in [3.8, 4) is 67.0 Å². The first-order valence-corrected chi connectivity index (χ1v) is 36.4. The maximum absolute atomic E-state index is 9.66. The van der Waals surface area contributed by atoms with E-state index in [2.05, 4.69) is 285 Å². The lowest BCUT2D eigenvalue weighted by Crippen LogP contribution is -2.61. The van der Waals surface area contributed by atoms with Gasteiger partial charge in [-0.05, 0) is 162 Å². The summed E-state index contributed by atoms with van der Waals surface area (Å²) in [6.07, 6.45) is 0. The van der Waals surface area contributed by atoms with E-state index in [0.717, 1.165) is 153 Å². The SMILES string of the molecule is [2H]c1c([2H])c([2H])c(-c2ccc3c(c2)B2c4ccc(-c5c([2H])c([2H])c([2H])c([2H])c5[2H])cc4N(c4cccc5c4sc4c(-c6cccc7c8ccccc8n(-c8ccccc8)c67)cccc45)c4cc(-n5c6ccc(C(C)(C)C)cc6c6cc(C(C)(C)C)ccc65)cc(c42)N3c2ccc(-c3ccccc3)cc2-c2ccccc2)c([2H])c1[2H]. The van der Waals surface area contributed by atoms with Gasteiger partial charge in [-0.15, -0.1) is 11.3 Å². The van der Waals surface area contributed by atoms with Crippen LogP contribution in [0.5, 0.6) is 0 Å². The molecule has 15 aromatic carbocycles. The van der Waals surface area contributed by atoms with E-state index in [4.69, 9.17) is 8.22 Å². The molecule has 0 unspecified atom stereocenters. The van der Waals surface area contributed by atoms with Gasteiger partial charge in [-0.25, -0.2) is 0 Å². The van der Waals surface area contributed by atoms with E-state index < -0.39 is 43.0 Å². The molecule has 0 aliphatic carbocycles. The topological polar surface area (TPSA) is 16.3 Å². The second-order valence-electron chi connectivity index (χ2n) is 29.6. The van der Waals surface area contributed by atoms with Crippen molar-refractivity contribution in [3.05, 3.63) is 345 Å². The van der Waals surface area contributed by atoms with E-state index in [1.165, 1.54) is 11.1 Å². The number of benzene rings is 15. The highest BCUT2D eigenvalue weighted by Gasteiger charge is 2.45. The monoisotopic (exact) mass is 1360 g/mol. The zero-order chi connectivity index (χ0) is 78.4. The van der Waals surface area contributed by atoms with Gasteiger partial charge in [0, 0.05) is 82.1 Å². The molecule has 18 aromatic rings. The highest BCUT2D eigenvalue weighted by molar-refractivity contribution is 7.27. The van der Waals surface area contributed by atoms with Crippen molar-refractivity contribution in [1.29, 1.82) is 0 Å². The first-order chi connectivity index (χ1) is 55.0. The van der Waals surface area contributed by atoms with Gasteiger partial charge in [-0.3, -0.25) is 0 Å². The molecule has 20 rings (SSSR count). The molecule has 5 heterocycles. The van der Waals surface area contributed by atoms with Crippen LogP contribution in [0.15, 0.2) is 333 Å². The standard InChI is InChI=1S/C98H73BN4S/c1-97(2,3)69-48-53-86-80(58-69)81-59-70(98(4,5)6)49-54-87(81)100(86)72-60-91-93-92(61-72)103(89-44-26-42-78-77-41-25-40-76(95(77)104-96(78)89)75-39-24-38-74-73-37-22-23-43-84(73)101(94(74)75)71-35-20-11-21-36-71)90-57-68(64-31-16-9-17-32-64)45-50-82(90)99(93)83-56-67(63-29-14-8-15-30-63)47-52-88(83)102(91)85-51-46-66(62-27-12-7-13-28-62)55-79(85)65-33-18-10-19-34-65/h7-61H,1-6H3/i8D,9D,14D,15D,16D,17D,29D,30D,31D,32D. The van der Waals surface area contributed by atoms with Crippen LogP contribution >= 0.6 is 11.3 Å². The number of fused-ring (bicyclic) bond motifs is 13. The maximum atomic E-state index is 9.66. The van der Waals surface area contributed by atoms with Crippen LogP contribution < -0.4 is 26.2 Å². The Hall–Kier alpha value is -12.2. The number of rotatable bonds is 9. The highest BCUT2D eigenvalue weighted by Crippen LogP contribution is 2.54. The molecule has 6 heteroatoms. The molecule has 0 radical (unpaired) electrons. The van der Waals surface area contributed by atoms with Crippen LogP contribution in [0, 0.1) is 0 Å². The molecule has 0 fully saturated rings. The van der Waals surface area contributed by atoms with Gasteiger partial charge in [0.15, 0.2) is 0 Å². The molecule has 0 amide bonds. The summed E-state index contributed by atoms with van der Waals surface area (Å²) in [4.78, 5) is 4.74. The third-order valence-corrected chi connectivity index (χ3v) is 22.8. The van der Waals surface area contributed by atoms with Crippen molar-refractivity contribution in [1.82, 2.24) is 9.13 Å². The highest BCUT2D eigenvalue weighted by atomic mass is 32.1. The molecule has 0 spiro atoms. The average molecular weight is 1360 g/mol. The Bertz CT molecular complexity index is 7030. The van der Waals surface area contributed by atoms with E-state index >= 15 is 0 Å². The zero-order valence-corrected chi connectivity index (χ0v) is 59.1. The number of para-hydroxylation sites is 3. The summed E-state index contributed by atoms with van der Waals surface area (Å²) in [5.74, 6) is 0. The van der Waals surface area contributed by atoms with Gasteiger partial charge in [0.05, 0.1) is 57.5 Å². The van der Waals surface area contributed by atoms with Crippen LogP contribution in [0.1, 0.15) is 66.4 Å². The van der Waals surface area contributed by atoms with Crippen molar-refractivity contribution in [2.75, 3.05) is 9.80 Å². The van der Waals surface area contributed by atoms with E-state index in [1.807, 2.05) is 48.5 Å². The van der Waals surface area contributed by atoms with Gasteiger partial charge < -0.3 is 18.9 Å². The Morgan fingerprint density at radius 2 is 0.817 bits per heavy atom. The molecular weight excluding hydrogens is 1280 g/mol. The summed E-state index contributed by atoms with van der Waals surface area (Å²) in [5.41, 5.74) is 22.5. The fraction of sp³-hybridized carbons (Fsp3) is 0.0816. The number of hydrogen-bond acceptors (Lipinski definition) is 3. The predicted octanol–water partition coefficient (Wildman–Crippen LogP) is 25.3. The Labute approximate surface area is 625 Å². The summed E-state index contributed by atoms with van der Waals surface area (Å²) in [5, 5.41) is 6.58. The Kier molecular flexibility index (Phi) is 11.8. The van der Waals surface area contributed by atoms with Crippen LogP contribution in [-0.4, -0.2) is 15.8 Å². The first kappa shape index (κ1) is 51.9. The average Bonchev–Trinajstić information content (AvgIpc) is 0.884. The number of thiophene rings is 1. The molecule has 0 saturated carbocycles. The van der Waals surface area contributed by atoms with Gasteiger partial charge in [0.25, 0.3) is 6.71 Å². The third kappa shape index (κ3) is 9.72. The van der Waals surface area contributed by atoms with Crippen LogP contribution in [0.3, 0.4) is 0 Å². The molecule has 0 bridgehead atoms. The summed E-state index contributed by atoms with van der Waals surface area (Å²) in [6, 6.07) is 92.8. The molecule has 3 aromatic heterocycles. The van der Waals surface area contributed by atoms with E-state index in [0.29, 0.717) is 16.8 Å². The minimum Gasteiger partial charge on any atom is -0.311 e. The van der Waals surface area contributed by atoms with Crippen LogP contribution in [0.4, 0.5) is 34.1 Å². The minimum absolute atomic E-state index is 0.0522. The van der Waals surface area contributed by atoms with Crippen molar-refractivity contribution in [2.45, 2.75) is 52.4 Å². The molecule has 0 atom stereocenters.